The summed E-state index contributed by atoms with van der Waals surface area (Å²) in [4.78, 5) is 31.4. The SMILES string of the molecule is CN(C)CCOC(=O)N1CCC(n2ncc(C(=O)N3CC[C@@H](c4ccccc4C(F)(F)F)C3)c2C2CC2)CC1.Cl. The molecule has 12 heteroatoms. The number of hydrogen-bond donors (Lipinski definition) is 0. The van der Waals surface area contributed by atoms with Crippen LogP contribution in [0, 0.1) is 0 Å². The second-order valence-electron chi connectivity index (χ2n) is 11.1. The van der Waals surface area contributed by atoms with Gasteiger partial charge in [0.2, 0.25) is 0 Å². The Morgan fingerprint density at radius 1 is 1.00 bits per heavy atom. The molecular weight excluding hydrogens is 547 g/mol. The van der Waals surface area contributed by atoms with Crippen LogP contribution in [0.25, 0.3) is 0 Å². The van der Waals surface area contributed by atoms with Crippen LogP contribution in [-0.2, 0) is 10.9 Å². The lowest BCUT2D eigenvalue weighted by molar-refractivity contribution is -0.138. The topological polar surface area (TPSA) is 70.9 Å². The molecule has 40 heavy (non-hydrogen) atoms. The fourth-order valence-corrected chi connectivity index (χ4v) is 5.77. The highest BCUT2D eigenvalue weighted by Crippen LogP contribution is 2.44. The van der Waals surface area contributed by atoms with Gasteiger partial charge in [-0.15, -0.1) is 12.4 Å². The first-order chi connectivity index (χ1) is 18.6. The number of ether oxygens (including phenoxy) is 1. The monoisotopic (exact) mass is 583 g/mol. The Balaban J connectivity index is 0.00000370. The molecular formula is C28H37ClF3N5O3. The lowest BCUT2D eigenvalue weighted by Crippen LogP contribution is -2.40. The molecule has 2 saturated heterocycles. The van der Waals surface area contributed by atoms with Crippen molar-refractivity contribution in [2.24, 2.45) is 0 Å². The van der Waals surface area contributed by atoms with Gasteiger partial charge in [0.15, 0.2) is 0 Å². The molecule has 0 N–H and O–H groups in total. The van der Waals surface area contributed by atoms with Gasteiger partial charge in [-0.2, -0.15) is 18.3 Å². The summed E-state index contributed by atoms with van der Waals surface area (Å²) in [5.74, 6) is -0.241. The number of alkyl halides is 3. The smallest absolute Gasteiger partial charge is 0.416 e. The largest absolute Gasteiger partial charge is 0.448 e. The third-order valence-electron chi connectivity index (χ3n) is 8.04. The Hall–Kier alpha value is -2.79. The molecule has 3 fully saturated rings. The molecule has 1 saturated carbocycles. The van der Waals surface area contributed by atoms with E-state index in [0.29, 0.717) is 44.8 Å². The van der Waals surface area contributed by atoms with Gasteiger partial charge in [0, 0.05) is 44.6 Å². The molecule has 0 bridgehead atoms. The predicted octanol–water partition coefficient (Wildman–Crippen LogP) is 5.17. The molecule has 1 aliphatic carbocycles. The highest BCUT2D eigenvalue weighted by molar-refractivity contribution is 5.95. The summed E-state index contributed by atoms with van der Waals surface area (Å²) >= 11 is 0. The van der Waals surface area contributed by atoms with Gasteiger partial charge in [-0.25, -0.2) is 4.79 Å². The Bertz CT molecular complexity index is 1190. The molecule has 3 heterocycles. The molecule has 2 aliphatic heterocycles. The summed E-state index contributed by atoms with van der Waals surface area (Å²) < 4.78 is 48.1. The first-order valence-electron chi connectivity index (χ1n) is 13.7. The van der Waals surface area contributed by atoms with Crippen LogP contribution in [0.5, 0.6) is 0 Å². The molecule has 2 amide bonds. The van der Waals surface area contributed by atoms with E-state index in [2.05, 4.69) is 5.10 Å². The van der Waals surface area contributed by atoms with Crippen LogP contribution in [-0.4, -0.2) is 89.9 Å². The van der Waals surface area contributed by atoms with Crippen molar-refractivity contribution in [3.05, 3.63) is 52.8 Å². The molecule has 1 aromatic carbocycles. The molecule has 0 unspecified atom stereocenters. The van der Waals surface area contributed by atoms with Crippen molar-refractivity contribution < 1.29 is 27.5 Å². The first kappa shape index (κ1) is 30.2. The van der Waals surface area contributed by atoms with E-state index in [4.69, 9.17) is 4.74 Å². The van der Waals surface area contributed by atoms with Crippen molar-refractivity contribution in [1.82, 2.24) is 24.5 Å². The van der Waals surface area contributed by atoms with Crippen molar-refractivity contribution in [3.63, 3.8) is 0 Å². The third kappa shape index (κ3) is 6.57. The van der Waals surface area contributed by atoms with Crippen molar-refractivity contribution in [2.45, 2.75) is 56.2 Å². The zero-order chi connectivity index (χ0) is 27.7. The van der Waals surface area contributed by atoms with E-state index in [0.717, 1.165) is 37.4 Å². The van der Waals surface area contributed by atoms with E-state index in [-0.39, 0.29) is 54.4 Å². The van der Waals surface area contributed by atoms with Crippen molar-refractivity contribution in [1.29, 1.82) is 0 Å². The van der Waals surface area contributed by atoms with Crippen LogP contribution in [0.3, 0.4) is 0 Å². The number of nitrogens with zero attached hydrogens (tertiary/aromatic N) is 5. The molecule has 1 atom stereocenters. The van der Waals surface area contributed by atoms with Gasteiger partial charge >= 0.3 is 12.3 Å². The summed E-state index contributed by atoms with van der Waals surface area (Å²) in [6.07, 6.45) is 0.825. The second-order valence-corrected chi connectivity index (χ2v) is 11.1. The maximum Gasteiger partial charge on any atom is 0.416 e. The molecule has 220 valence electrons. The number of aromatic nitrogens is 2. The summed E-state index contributed by atoms with van der Waals surface area (Å²) in [5, 5.41) is 4.64. The quantitative estimate of drug-likeness (QED) is 0.450. The van der Waals surface area contributed by atoms with E-state index in [9.17, 15) is 22.8 Å². The highest BCUT2D eigenvalue weighted by Gasteiger charge is 2.40. The molecule has 8 nitrogen and oxygen atoms in total. The van der Waals surface area contributed by atoms with Crippen molar-refractivity contribution >= 4 is 24.4 Å². The standard InChI is InChI=1S/C28H36F3N5O3.ClH/c1-33(2)15-16-39-27(38)34-13-10-21(11-14-34)36-25(19-7-8-19)23(17-32-36)26(37)35-12-9-20(18-35)22-5-3-4-6-24(22)28(29,30)31;/h3-6,17,19-21H,7-16,18H2,1-2H3;1H/t20-;/m1./s1. The first-order valence-corrected chi connectivity index (χ1v) is 13.7. The van der Waals surface area contributed by atoms with E-state index in [1.807, 2.05) is 23.7 Å². The maximum atomic E-state index is 13.6. The second kappa shape index (κ2) is 12.4. The molecule has 0 radical (unpaired) electrons. The van der Waals surface area contributed by atoms with E-state index in [1.165, 1.54) is 12.1 Å². The summed E-state index contributed by atoms with van der Waals surface area (Å²) in [6, 6.07) is 5.75. The fraction of sp³-hybridized carbons (Fsp3) is 0.607. The van der Waals surface area contributed by atoms with Crippen LogP contribution in [0.4, 0.5) is 18.0 Å². The number of piperidine rings is 1. The lowest BCUT2D eigenvalue weighted by Gasteiger charge is -2.32. The van der Waals surface area contributed by atoms with Gasteiger partial charge in [-0.05, 0) is 57.8 Å². The van der Waals surface area contributed by atoms with Gasteiger partial charge < -0.3 is 19.4 Å². The van der Waals surface area contributed by atoms with Gasteiger partial charge in [0.05, 0.1) is 29.1 Å². The number of carbonyl (C=O) groups is 2. The third-order valence-corrected chi connectivity index (χ3v) is 8.04. The summed E-state index contributed by atoms with van der Waals surface area (Å²) in [5.41, 5.74) is 1.13. The summed E-state index contributed by atoms with van der Waals surface area (Å²) in [6.45, 7) is 2.82. The summed E-state index contributed by atoms with van der Waals surface area (Å²) in [7, 11) is 3.85. The van der Waals surface area contributed by atoms with Crippen LogP contribution < -0.4 is 0 Å². The van der Waals surface area contributed by atoms with Crippen molar-refractivity contribution in [3.8, 4) is 0 Å². The molecule has 5 rings (SSSR count). The van der Waals surface area contributed by atoms with Crippen LogP contribution in [0.2, 0.25) is 0 Å². The number of likely N-dealkylation sites (N-methyl/N-ethyl adjacent to an activating group) is 1. The van der Waals surface area contributed by atoms with Crippen molar-refractivity contribution in [2.75, 3.05) is 53.4 Å². The number of hydrogen-bond acceptors (Lipinski definition) is 5. The van der Waals surface area contributed by atoms with Crippen LogP contribution in [0.15, 0.2) is 30.5 Å². The van der Waals surface area contributed by atoms with E-state index >= 15 is 0 Å². The van der Waals surface area contributed by atoms with Gasteiger partial charge in [-0.1, -0.05) is 18.2 Å². The van der Waals surface area contributed by atoms with Crippen LogP contribution >= 0.6 is 12.4 Å². The fourth-order valence-electron chi connectivity index (χ4n) is 5.77. The van der Waals surface area contributed by atoms with Gasteiger partial charge in [0.1, 0.15) is 6.61 Å². The number of carbonyl (C=O) groups excluding carboxylic acids is 2. The zero-order valence-electron chi connectivity index (χ0n) is 22.9. The minimum atomic E-state index is -4.42. The Kier molecular flexibility index (Phi) is 9.34. The minimum Gasteiger partial charge on any atom is -0.448 e. The van der Waals surface area contributed by atoms with E-state index < -0.39 is 11.7 Å². The molecule has 0 spiro atoms. The Morgan fingerprint density at radius 3 is 2.33 bits per heavy atom. The average molecular weight is 584 g/mol. The van der Waals surface area contributed by atoms with E-state index in [1.54, 1.807) is 22.1 Å². The van der Waals surface area contributed by atoms with Gasteiger partial charge in [-0.3, -0.25) is 9.48 Å². The lowest BCUT2D eigenvalue weighted by atomic mass is 9.93. The highest BCUT2D eigenvalue weighted by atomic mass is 35.5. The number of benzene rings is 1. The molecule has 2 aromatic rings. The Labute approximate surface area is 238 Å². The number of rotatable bonds is 7. The minimum absolute atomic E-state index is 0. The zero-order valence-corrected chi connectivity index (χ0v) is 23.7. The van der Waals surface area contributed by atoms with Gasteiger partial charge in [0.25, 0.3) is 5.91 Å². The number of likely N-dealkylation sites (tertiary alicyclic amines) is 2. The molecule has 1 aromatic heterocycles. The molecule has 3 aliphatic rings. The maximum absolute atomic E-state index is 13.6. The number of halogens is 4. The van der Waals surface area contributed by atoms with Crippen LogP contribution in [0.1, 0.15) is 77.2 Å². The normalized spacial score (nSPS) is 20.1. The predicted molar refractivity (Wildman–Crippen MR) is 146 cm³/mol. The number of amides is 2. The average Bonchev–Trinajstić information content (AvgIpc) is 3.45. The Morgan fingerprint density at radius 2 is 1.68 bits per heavy atom.